The molecule has 0 aromatic rings. The molecule has 68 valence electrons. The quantitative estimate of drug-likeness (QED) is 0.505. The van der Waals surface area contributed by atoms with Gasteiger partial charge in [0, 0.05) is 6.42 Å². The maximum Gasteiger partial charge on any atom is 0.312 e. The van der Waals surface area contributed by atoms with Crippen molar-refractivity contribution in [3.05, 3.63) is 12.7 Å². The standard InChI is InChI=1S/C9H14O3/c1-3-4-9(2)5-7(6-10)12-8(9)11/h3,7,10H,1,4-6H2,2H3/t7-,9+/m0/s1. The number of cyclic esters (lactones) is 1. The summed E-state index contributed by atoms with van der Waals surface area (Å²) in [5.41, 5.74) is -0.463. The first kappa shape index (κ1) is 9.26. The number of rotatable bonds is 3. The molecule has 3 nitrogen and oxygen atoms in total. The number of aliphatic hydroxyl groups excluding tert-OH is 1. The Kier molecular flexibility index (Phi) is 2.52. The van der Waals surface area contributed by atoms with Crippen molar-refractivity contribution in [2.75, 3.05) is 6.61 Å². The van der Waals surface area contributed by atoms with E-state index in [2.05, 4.69) is 6.58 Å². The number of aliphatic hydroxyl groups is 1. The lowest BCUT2D eigenvalue weighted by Gasteiger charge is -2.15. The molecule has 0 aliphatic carbocycles. The second-order valence-corrected chi connectivity index (χ2v) is 3.47. The molecule has 1 saturated heterocycles. The molecule has 2 atom stereocenters. The molecule has 3 heteroatoms. The van der Waals surface area contributed by atoms with Crippen LogP contribution in [-0.4, -0.2) is 23.8 Å². The van der Waals surface area contributed by atoms with Gasteiger partial charge >= 0.3 is 5.97 Å². The maximum atomic E-state index is 11.3. The number of hydrogen-bond donors (Lipinski definition) is 1. The van der Waals surface area contributed by atoms with Crippen molar-refractivity contribution in [3.63, 3.8) is 0 Å². The van der Waals surface area contributed by atoms with Crippen LogP contribution in [0.4, 0.5) is 0 Å². The van der Waals surface area contributed by atoms with Crippen LogP contribution in [0.5, 0.6) is 0 Å². The van der Waals surface area contributed by atoms with E-state index < -0.39 is 5.41 Å². The molecule has 1 rings (SSSR count). The third-order valence-corrected chi connectivity index (χ3v) is 2.24. The first-order chi connectivity index (χ1) is 5.62. The minimum atomic E-state index is -0.463. The van der Waals surface area contributed by atoms with Gasteiger partial charge in [0.1, 0.15) is 6.10 Å². The minimum absolute atomic E-state index is 0.0848. The van der Waals surface area contributed by atoms with Crippen LogP contribution in [0.3, 0.4) is 0 Å². The van der Waals surface area contributed by atoms with Gasteiger partial charge in [0.15, 0.2) is 0 Å². The molecule has 0 saturated carbocycles. The Labute approximate surface area is 72.0 Å². The molecule has 12 heavy (non-hydrogen) atoms. The fourth-order valence-corrected chi connectivity index (χ4v) is 1.51. The predicted octanol–water partition coefficient (Wildman–Crippen LogP) is 0.877. The van der Waals surface area contributed by atoms with Crippen molar-refractivity contribution < 1.29 is 14.6 Å². The van der Waals surface area contributed by atoms with E-state index in [-0.39, 0.29) is 18.7 Å². The van der Waals surface area contributed by atoms with Crippen molar-refractivity contribution in [2.45, 2.75) is 25.9 Å². The first-order valence-corrected chi connectivity index (χ1v) is 4.05. The Balaban J connectivity index is 2.66. The second kappa shape index (κ2) is 3.27. The first-order valence-electron chi connectivity index (χ1n) is 4.05. The fourth-order valence-electron chi connectivity index (χ4n) is 1.51. The van der Waals surface area contributed by atoms with Crippen LogP contribution in [-0.2, 0) is 9.53 Å². The van der Waals surface area contributed by atoms with Crippen LogP contribution >= 0.6 is 0 Å². The lowest BCUT2D eigenvalue weighted by Crippen LogP contribution is -2.21. The van der Waals surface area contributed by atoms with E-state index in [1.54, 1.807) is 6.08 Å². The van der Waals surface area contributed by atoms with Crippen molar-refractivity contribution in [1.29, 1.82) is 0 Å². The van der Waals surface area contributed by atoms with Crippen LogP contribution < -0.4 is 0 Å². The van der Waals surface area contributed by atoms with Gasteiger partial charge in [0.2, 0.25) is 0 Å². The highest BCUT2D eigenvalue weighted by molar-refractivity contribution is 5.78. The number of esters is 1. The van der Waals surface area contributed by atoms with Gasteiger partial charge in [0.25, 0.3) is 0 Å². The summed E-state index contributed by atoms with van der Waals surface area (Å²) < 4.78 is 4.94. The van der Waals surface area contributed by atoms with Gasteiger partial charge in [-0.15, -0.1) is 6.58 Å². The highest BCUT2D eigenvalue weighted by Crippen LogP contribution is 2.36. The Morgan fingerprint density at radius 3 is 3.00 bits per heavy atom. The molecule has 1 aliphatic heterocycles. The molecule has 1 N–H and O–H groups in total. The third-order valence-electron chi connectivity index (χ3n) is 2.24. The maximum absolute atomic E-state index is 11.3. The zero-order chi connectivity index (χ0) is 9.19. The average molecular weight is 170 g/mol. The zero-order valence-corrected chi connectivity index (χ0v) is 7.25. The molecule has 0 spiro atoms. The molecule has 1 heterocycles. The average Bonchev–Trinajstić information content (AvgIpc) is 2.29. The molecule has 1 aliphatic rings. The summed E-state index contributed by atoms with van der Waals surface area (Å²) in [6.07, 6.45) is 2.60. The van der Waals surface area contributed by atoms with Crippen molar-refractivity contribution >= 4 is 5.97 Å². The van der Waals surface area contributed by atoms with E-state index in [1.165, 1.54) is 0 Å². The molecule has 0 amide bonds. The van der Waals surface area contributed by atoms with Gasteiger partial charge in [-0.25, -0.2) is 0 Å². The molecule has 0 aromatic heterocycles. The van der Waals surface area contributed by atoms with Crippen LogP contribution in [0, 0.1) is 5.41 Å². The van der Waals surface area contributed by atoms with E-state index >= 15 is 0 Å². The van der Waals surface area contributed by atoms with Gasteiger partial charge in [-0.2, -0.15) is 0 Å². The van der Waals surface area contributed by atoms with Crippen LogP contribution in [0.15, 0.2) is 12.7 Å². The monoisotopic (exact) mass is 170 g/mol. The molecule has 0 aromatic carbocycles. The molecule has 1 fully saturated rings. The fraction of sp³-hybridized carbons (Fsp3) is 0.667. The Morgan fingerprint density at radius 1 is 1.92 bits per heavy atom. The van der Waals surface area contributed by atoms with Gasteiger partial charge in [-0.05, 0) is 13.3 Å². The minimum Gasteiger partial charge on any atom is -0.459 e. The number of allylic oxidation sites excluding steroid dienone is 1. The number of hydrogen-bond acceptors (Lipinski definition) is 3. The molecular weight excluding hydrogens is 156 g/mol. The lowest BCUT2D eigenvalue weighted by molar-refractivity contribution is -0.149. The van der Waals surface area contributed by atoms with E-state index in [9.17, 15) is 4.79 Å². The van der Waals surface area contributed by atoms with E-state index in [4.69, 9.17) is 9.84 Å². The van der Waals surface area contributed by atoms with Crippen molar-refractivity contribution in [2.24, 2.45) is 5.41 Å². The van der Waals surface area contributed by atoms with Gasteiger partial charge in [-0.3, -0.25) is 4.79 Å². The second-order valence-electron chi connectivity index (χ2n) is 3.47. The van der Waals surface area contributed by atoms with Crippen LogP contribution in [0.1, 0.15) is 19.8 Å². The smallest absolute Gasteiger partial charge is 0.312 e. The zero-order valence-electron chi connectivity index (χ0n) is 7.25. The number of ether oxygens (including phenoxy) is 1. The molecule has 0 bridgehead atoms. The topological polar surface area (TPSA) is 46.5 Å². The van der Waals surface area contributed by atoms with Crippen LogP contribution in [0.2, 0.25) is 0 Å². The SMILES string of the molecule is C=CC[C@]1(C)C[C@@H](CO)OC1=O. The summed E-state index contributed by atoms with van der Waals surface area (Å²) in [6.45, 7) is 5.34. The van der Waals surface area contributed by atoms with Gasteiger partial charge in [-0.1, -0.05) is 6.08 Å². The summed E-state index contributed by atoms with van der Waals surface area (Å²) in [7, 11) is 0. The van der Waals surface area contributed by atoms with Gasteiger partial charge in [0.05, 0.1) is 12.0 Å². The number of carbonyl (C=O) groups excluding carboxylic acids is 1. The largest absolute Gasteiger partial charge is 0.459 e. The summed E-state index contributed by atoms with van der Waals surface area (Å²) in [5, 5.41) is 8.78. The summed E-state index contributed by atoms with van der Waals surface area (Å²) in [4.78, 5) is 11.3. The molecule has 0 radical (unpaired) electrons. The summed E-state index contributed by atoms with van der Waals surface area (Å²) in [5.74, 6) is -0.221. The Hall–Kier alpha value is -0.830. The van der Waals surface area contributed by atoms with E-state index in [0.717, 1.165) is 0 Å². The Bertz CT molecular complexity index is 200. The Morgan fingerprint density at radius 2 is 2.58 bits per heavy atom. The number of carbonyl (C=O) groups is 1. The molecular formula is C9H14O3. The predicted molar refractivity (Wildman–Crippen MR) is 44.5 cm³/mol. The van der Waals surface area contributed by atoms with Crippen molar-refractivity contribution in [3.8, 4) is 0 Å². The normalized spacial score (nSPS) is 34.8. The molecule has 0 unspecified atom stereocenters. The van der Waals surface area contributed by atoms with E-state index in [0.29, 0.717) is 12.8 Å². The highest BCUT2D eigenvalue weighted by atomic mass is 16.6. The van der Waals surface area contributed by atoms with Crippen molar-refractivity contribution in [1.82, 2.24) is 0 Å². The lowest BCUT2D eigenvalue weighted by atomic mass is 9.84. The van der Waals surface area contributed by atoms with Crippen LogP contribution in [0.25, 0.3) is 0 Å². The highest BCUT2D eigenvalue weighted by Gasteiger charge is 2.43. The van der Waals surface area contributed by atoms with E-state index in [1.807, 2.05) is 6.92 Å². The summed E-state index contributed by atoms with van der Waals surface area (Å²) >= 11 is 0. The third kappa shape index (κ3) is 1.50. The summed E-state index contributed by atoms with van der Waals surface area (Å²) in [6, 6.07) is 0. The van der Waals surface area contributed by atoms with Gasteiger partial charge < -0.3 is 9.84 Å².